The lowest BCUT2D eigenvalue weighted by atomic mass is 10.2. The minimum Gasteiger partial charge on any atom is -0.486 e. The van der Waals surface area contributed by atoms with Gasteiger partial charge in [-0.05, 0) is 37.3 Å². The summed E-state index contributed by atoms with van der Waals surface area (Å²) in [5.74, 6) is -0.158. The van der Waals surface area contributed by atoms with Crippen molar-refractivity contribution in [1.29, 1.82) is 0 Å². The van der Waals surface area contributed by atoms with Crippen molar-refractivity contribution >= 4 is 28.8 Å². The standard InChI is InChI=1S/C19H17N3O3S/c1-12-5-7-15(8-6-12)25-10-17-22-16(11-26-17)19(24)21-14-4-2-3-13(9-14)18(20)23/h2-9,11H,10H2,1H3,(H2,20,23)(H,21,24). The summed E-state index contributed by atoms with van der Waals surface area (Å²) in [7, 11) is 0. The molecule has 6 nitrogen and oxygen atoms in total. The molecule has 0 spiro atoms. The number of nitrogens with one attached hydrogen (secondary N) is 1. The molecule has 0 radical (unpaired) electrons. The molecule has 7 heteroatoms. The lowest BCUT2D eigenvalue weighted by Crippen LogP contribution is -2.14. The van der Waals surface area contributed by atoms with Crippen LogP contribution in [0.4, 0.5) is 5.69 Å². The number of aromatic nitrogens is 1. The number of thiazole rings is 1. The van der Waals surface area contributed by atoms with Gasteiger partial charge >= 0.3 is 0 Å². The molecule has 0 aliphatic carbocycles. The number of amides is 2. The smallest absolute Gasteiger partial charge is 0.275 e. The summed E-state index contributed by atoms with van der Waals surface area (Å²) < 4.78 is 5.67. The van der Waals surface area contributed by atoms with E-state index in [1.165, 1.54) is 17.4 Å². The van der Waals surface area contributed by atoms with Crippen LogP contribution >= 0.6 is 11.3 Å². The Balaban J connectivity index is 1.61. The van der Waals surface area contributed by atoms with Crippen molar-refractivity contribution in [3.8, 4) is 5.75 Å². The maximum absolute atomic E-state index is 12.3. The maximum atomic E-state index is 12.3. The molecule has 26 heavy (non-hydrogen) atoms. The predicted octanol–water partition coefficient (Wildman–Crippen LogP) is 3.38. The third-order valence-corrected chi connectivity index (χ3v) is 4.39. The highest BCUT2D eigenvalue weighted by molar-refractivity contribution is 7.09. The van der Waals surface area contributed by atoms with Crippen molar-refractivity contribution in [2.45, 2.75) is 13.5 Å². The average Bonchev–Trinajstić information content (AvgIpc) is 3.11. The van der Waals surface area contributed by atoms with Crippen LogP contribution in [0.2, 0.25) is 0 Å². The van der Waals surface area contributed by atoms with Crippen molar-refractivity contribution in [2.24, 2.45) is 5.73 Å². The van der Waals surface area contributed by atoms with E-state index in [2.05, 4.69) is 10.3 Å². The quantitative estimate of drug-likeness (QED) is 0.698. The summed E-state index contributed by atoms with van der Waals surface area (Å²) >= 11 is 1.35. The number of carbonyl (C=O) groups is 2. The van der Waals surface area contributed by atoms with Gasteiger partial charge in [-0.3, -0.25) is 9.59 Å². The van der Waals surface area contributed by atoms with Crippen LogP contribution in [0.25, 0.3) is 0 Å². The van der Waals surface area contributed by atoms with Crippen LogP contribution in [0.5, 0.6) is 5.75 Å². The van der Waals surface area contributed by atoms with Crippen LogP contribution < -0.4 is 15.8 Å². The number of hydrogen-bond acceptors (Lipinski definition) is 5. The Hall–Kier alpha value is -3.19. The fraction of sp³-hybridized carbons (Fsp3) is 0.105. The Morgan fingerprint density at radius 2 is 1.96 bits per heavy atom. The number of nitrogens with two attached hydrogens (primary N) is 1. The number of carbonyl (C=O) groups excluding carboxylic acids is 2. The largest absolute Gasteiger partial charge is 0.486 e. The first kappa shape index (κ1) is 17.6. The fourth-order valence-corrected chi connectivity index (χ4v) is 2.89. The van der Waals surface area contributed by atoms with Crippen LogP contribution in [0, 0.1) is 6.92 Å². The van der Waals surface area contributed by atoms with Gasteiger partial charge < -0.3 is 15.8 Å². The van der Waals surface area contributed by atoms with Crippen LogP contribution in [0.1, 0.15) is 31.4 Å². The molecule has 3 N–H and O–H groups in total. The topological polar surface area (TPSA) is 94.3 Å². The molecule has 3 rings (SSSR count). The number of rotatable bonds is 6. The van der Waals surface area contributed by atoms with E-state index in [0.717, 1.165) is 11.3 Å². The van der Waals surface area contributed by atoms with Gasteiger partial charge in [-0.2, -0.15) is 0 Å². The molecule has 0 aliphatic heterocycles. The summed E-state index contributed by atoms with van der Waals surface area (Å²) in [6.45, 7) is 2.30. The zero-order chi connectivity index (χ0) is 18.5. The van der Waals surface area contributed by atoms with Crippen LogP contribution in [-0.4, -0.2) is 16.8 Å². The van der Waals surface area contributed by atoms with Crippen LogP contribution in [0.15, 0.2) is 53.9 Å². The third kappa shape index (κ3) is 4.46. The van der Waals surface area contributed by atoms with E-state index in [9.17, 15) is 9.59 Å². The second kappa shape index (κ2) is 7.79. The molecule has 0 aliphatic rings. The van der Waals surface area contributed by atoms with Gasteiger partial charge in [0.15, 0.2) is 0 Å². The first-order valence-corrected chi connectivity index (χ1v) is 8.74. The number of hydrogen-bond donors (Lipinski definition) is 2. The molecular formula is C19H17N3O3S. The number of benzene rings is 2. The molecule has 1 aromatic heterocycles. The summed E-state index contributed by atoms with van der Waals surface area (Å²) in [6.07, 6.45) is 0. The number of primary amides is 1. The Kier molecular flexibility index (Phi) is 5.28. The number of aryl methyl sites for hydroxylation is 1. The van der Waals surface area contributed by atoms with Gasteiger partial charge in [-0.1, -0.05) is 23.8 Å². The SMILES string of the molecule is Cc1ccc(OCc2nc(C(=O)Nc3cccc(C(N)=O)c3)cs2)cc1. The molecule has 0 fully saturated rings. The summed E-state index contributed by atoms with van der Waals surface area (Å²) in [5.41, 5.74) is 7.50. The summed E-state index contributed by atoms with van der Waals surface area (Å²) in [6, 6.07) is 14.2. The van der Waals surface area contributed by atoms with E-state index >= 15 is 0 Å². The molecule has 0 atom stereocenters. The second-order valence-corrected chi connectivity index (χ2v) is 6.57. The summed E-state index contributed by atoms with van der Waals surface area (Å²) in [4.78, 5) is 27.8. The molecule has 132 valence electrons. The highest BCUT2D eigenvalue weighted by Crippen LogP contribution is 2.17. The fourth-order valence-electron chi connectivity index (χ4n) is 2.21. The van der Waals surface area contributed by atoms with Gasteiger partial charge in [0.2, 0.25) is 5.91 Å². The molecular weight excluding hydrogens is 350 g/mol. The van der Waals surface area contributed by atoms with Crippen LogP contribution in [-0.2, 0) is 6.61 Å². The Morgan fingerprint density at radius 3 is 2.69 bits per heavy atom. The molecule has 0 bridgehead atoms. The van der Waals surface area contributed by atoms with Gasteiger partial charge in [0.05, 0.1) is 0 Å². The van der Waals surface area contributed by atoms with Gasteiger partial charge in [-0.15, -0.1) is 11.3 Å². The molecule has 3 aromatic rings. The molecule has 0 saturated heterocycles. The van der Waals surface area contributed by atoms with Crippen molar-refractivity contribution in [3.05, 3.63) is 75.7 Å². The van der Waals surface area contributed by atoms with Crippen molar-refractivity contribution in [2.75, 3.05) is 5.32 Å². The minimum absolute atomic E-state index is 0.290. The Labute approximate surface area is 154 Å². The van der Waals surface area contributed by atoms with Crippen LogP contribution in [0.3, 0.4) is 0 Å². The zero-order valence-electron chi connectivity index (χ0n) is 14.1. The number of nitrogens with zero attached hydrogens (tertiary/aromatic N) is 1. The van der Waals surface area contributed by atoms with E-state index in [1.807, 2.05) is 31.2 Å². The van der Waals surface area contributed by atoms with E-state index < -0.39 is 5.91 Å². The lowest BCUT2D eigenvalue weighted by molar-refractivity contribution is 0.0995. The lowest BCUT2D eigenvalue weighted by Gasteiger charge is -2.05. The molecule has 0 unspecified atom stereocenters. The van der Waals surface area contributed by atoms with Crippen molar-refractivity contribution in [3.63, 3.8) is 0 Å². The molecule has 1 heterocycles. The van der Waals surface area contributed by atoms with E-state index in [1.54, 1.807) is 23.6 Å². The maximum Gasteiger partial charge on any atom is 0.275 e. The van der Waals surface area contributed by atoms with Gasteiger partial charge in [0.1, 0.15) is 23.1 Å². The Bertz CT molecular complexity index is 935. The van der Waals surface area contributed by atoms with Gasteiger partial charge in [0.25, 0.3) is 5.91 Å². The predicted molar refractivity (Wildman–Crippen MR) is 101 cm³/mol. The average molecular weight is 367 g/mol. The Morgan fingerprint density at radius 1 is 1.19 bits per heavy atom. The summed E-state index contributed by atoms with van der Waals surface area (Å²) in [5, 5.41) is 5.07. The highest BCUT2D eigenvalue weighted by atomic mass is 32.1. The van der Waals surface area contributed by atoms with E-state index in [4.69, 9.17) is 10.5 Å². The van der Waals surface area contributed by atoms with E-state index in [0.29, 0.717) is 22.0 Å². The zero-order valence-corrected chi connectivity index (χ0v) is 14.9. The first-order chi connectivity index (χ1) is 12.5. The number of anilines is 1. The van der Waals surface area contributed by atoms with E-state index in [-0.39, 0.29) is 12.5 Å². The minimum atomic E-state index is -0.551. The molecule has 0 saturated carbocycles. The number of ether oxygens (including phenoxy) is 1. The van der Waals surface area contributed by atoms with Crippen molar-refractivity contribution in [1.82, 2.24) is 4.98 Å². The van der Waals surface area contributed by atoms with Crippen molar-refractivity contribution < 1.29 is 14.3 Å². The second-order valence-electron chi connectivity index (χ2n) is 5.63. The first-order valence-electron chi connectivity index (χ1n) is 7.86. The van der Waals surface area contributed by atoms with Gasteiger partial charge in [0, 0.05) is 16.6 Å². The molecule has 2 amide bonds. The highest BCUT2D eigenvalue weighted by Gasteiger charge is 2.12. The monoisotopic (exact) mass is 367 g/mol. The third-order valence-electron chi connectivity index (χ3n) is 3.57. The molecule has 2 aromatic carbocycles. The normalized spacial score (nSPS) is 10.3. The van der Waals surface area contributed by atoms with Gasteiger partial charge in [-0.25, -0.2) is 4.98 Å².